The highest BCUT2D eigenvalue weighted by atomic mass is 35.5. The predicted octanol–water partition coefficient (Wildman–Crippen LogP) is 3.29. The number of halogens is 1. The average Bonchev–Trinajstić information content (AvgIpc) is 2.89. The number of nitrogens with one attached hydrogen (secondary N) is 2. The number of hydrogen-bond acceptors (Lipinski definition) is 5. The monoisotopic (exact) mass is 375 g/mol. The Balaban J connectivity index is 1.61. The molecular weight excluding hydrogens is 362 g/mol. The molecule has 8 heteroatoms. The zero-order valence-electron chi connectivity index (χ0n) is 12.9. The number of nitrogens with zero attached hydrogens (tertiary/aromatic N) is 1. The van der Waals surface area contributed by atoms with Crippen molar-refractivity contribution in [1.82, 2.24) is 5.32 Å². The summed E-state index contributed by atoms with van der Waals surface area (Å²) in [5.41, 5.74) is 1.14. The summed E-state index contributed by atoms with van der Waals surface area (Å²) >= 11 is 6.99. The van der Waals surface area contributed by atoms with Gasteiger partial charge in [-0.05, 0) is 36.4 Å². The minimum atomic E-state index is -0.552. The van der Waals surface area contributed by atoms with Crippen LogP contribution in [0.1, 0.15) is 6.42 Å². The van der Waals surface area contributed by atoms with Gasteiger partial charge in [-0.15, -0.1) is 0 Å². The molecule has 3 rings (SSSR count). The summed E-state index contributed by atoms with van der Waals surface area (Å²) in [6, 6.07) is 13.1. The van der Waals surface area contributed by atoms with Gasteiger partial charge in [0.2, 0.25) is 11.8 Å². The van der Waals surface area contributed by atoms with Gasteiger partial charge < -0.3 is 15.7 Å². The van der Waals surface area contributed by atoms with Crippen LogP contribution in [0.5, 0.6) is 5.75 Å². The average molecular weight is 376 g/mol. The first kappa shape index (κ1) is 17.3. The first-order valence-electron chi connectivity index (χ1n) is 7.40. The van der Waals surface area contributed by atoms with Crippen LogP contribution in [0.2, 0.25) is 5.02 Å². The fourth-order valence-corrected chi connectivity index (χ4v) is 3.30. The van der Waals surface area contributed by atoms with Gasteiger partial charge in [-0.25, -0.2) is 4.99 Å². The first-order chi connectivity index (χ1) is 12.0. The zero-order valence-corrected chi connectivity index (χ0v) is 14.5. The van der Waals surface area contributed by atoms with E-state index in [1.165, 1.54) is 23.9 Å². The maximum atomic E-state index is 12.1. The van der Waals surface area contributed by atoms with E-state index in [2.05, 4.69) is 15.6 Å². The number of carbonyl (C=O) groups is 2. The largest absolute Gasteiger partial charge is 0.508 e. The number of aliphatic imine (C=N–C) groups is 1. The molecular formula is C17H14ClN3O3S. The molecule has 0 aromatic heterocycles. The number of thioether (sulfide) groups is 1. The number of amides is 2. The molecule has 1 aliphatic rings. The molecule has 1 heterocycles. The Morgan fingerprint density at radius 3 is 2.76 bits per heavy atom. The smallest absolute Gasteiger partial charge is 0.240 e. The van der Waals surface area contributed by atoms with Crippen molar-refractivity contribution in [3.05, 3.63) is 53.6 Å². The Labute approximate surface area is 153 Å². The molecule has 0 saturated carbocycles. The van der Waals surface area contributed by atoms with Crippen molar-refractivity contribution in [2.45, 2.75) is 11.7 Å². The van der Waals surface area contributed by atoms with Crippen molar-refractivity contribution in [2.24, 2.45) is 4.99 Å². The number of anilines is 1. The van der Waals surface area contributed by atoms with E-state index in [-0.39, 0.29) is 24.0 Å². The topological polar surface area (TPSA) is 90.8 Å². The van der Waals surface area contributed by atoms with Gasteiger partial charge in [0.05, 0.1) is 5.69 Å². The number of amidine groups is 1. The van der Waals surface area contributed by atoms with Crippen molar-refractivity contribution in [3.8, 4) is 5.75 Å². The molecule has 1 aliphatic heterocycles. The molecule has 0 bridgehead atoms. The number of carbonyl (C=O) groups excluding carboxylic acids is 2. The number of aromatic hydroxyl groups is 1. The maximum absolute atomic E-state index is 12.1. The van der Waals surface area contributed by atoms with Crippen LogP contribution >= 0.6 is 23.4 Å². The highest BCUT2D eigenvalue weighted by Gasteiger charge is 2.32. The summed E-state index contributed by atoms with van der Waals surface area (Å²) in [6.07, 6.45) is 0.0260. The van der Waals surface area contributed by atoms with E-state index < -0.39 is 5.25 Å². The molecule has 1 saturated heterocycles. The number of phenols is 1. The highest BCUT2D eigenvalue weighted by molar-refractivity contribution is 8.15. The SMILES string of the molecule is O=C(CC1SC(=Nc2cccc(O)c2)NC1=O)Nc1ccc(Cl)cc1. The third kappa shape index (κ3) is 4.74. The Kier molecular flexibility index (Phi) is 5.25. The van der Waals surface area contributed by atoms with Gasteiger partial charge in [-0.1, -0.05) is 29.4 Å². The summed E-state index contributed by atoms with van der Waals surface area (Å²) in [4.78, 5) is 28.4. The van der Waals surface area contributed by atoms with Crippen LogP contribution < -0.4 is 10.6 Å². The van der Waals surface area contributed by atoms with Crippen molar-refractivity contribution in [1.29, 1.82) is 0 Å². The molecule has 1 fully saturated rings. The Bertz CT molecular complexity index is 839. The number of benzene rings is 2. The van der Waals surface area contributed by atoms with E-state index in [0.717, 1.165) is 0 Å². The first-order valence-corrected chi connectivity index (χ1v) is 8.66. The summed E-state index contributed by atoms with van der Waals surface area (Å²) in [7, 11) is 0. The molecule has 2 aromatic rings. The number of phenolic OH excluding ortho intramolecular Hbond substituents is 1. The molecule has 3 N–H and O–H groups in total. The Morgan fingerprint density at radius 1 is 1.28 bits per heavy atom. The van der Waals surface area contributed by atoms with Crippen molar-refractivity contribution in [3.63, 3.8) is 0 Å². The summed E-state index contributed by atoms with van der Waals surface area (Å²) in [5.74, 6) is -0.446. The van der Waals surface area contributed by atoms with Gasteiger partial charge in [-0.3, -0.25) is 9.59 Å². The fourth-order valence-electron chi connectivity index (χ4n) is 2.19. The van der Waals surface area contributed by atoms with Crippen LogP contribution in [0.3, 0.4) is 0 Å². The van der Waals surface area contributed by atoms with E-state index in [9.17, 15) is 14.7 Å². The molecule has 2 aromatic carbocycles. The molecule has 0 spiro atoms. The van der Waals surface area contributed by atoms with E-state index in [0.29, 0.717) is 21.6 Å². The van der Waals surface area contributed by atoms with Gasteiger partial charge >= 0.3 is 0 Å². The molecule has 25 heavy (non-hydrogen) atoms. The molecule has 1 unspecified atom stereocenters. The van der Waals surface area contributed by atoms with Gasteiger partial charge in [0, 0.05) is 23.2 Å². The minimum absolute atomic E-state index is 0.0260. The second kappa shape index (κ2) is 7.58. The van der Waals surface area contributed by atoms with Crippen LogP contribution in [0, 0.1) is 0 Å². The fraction of sp³-hybridized carbons (Fsp3) is 0.118. The van der Waals surface area contributed by atoms with Crippen LogP contribution in [-0.2, 0) is 9.59 Å². The number of hydrogen-bond donors (Lipinski definition) is 3. The van der Waals surface area contributed by atoms with Crippen molar-refractivity contribution >= 4 is 51.7 Å². The van der Waals surface area contributed by atoms with Crippen LogP contribution in [-0.4, -0.2) is 27.3 Å². The van der Waals surface area contributed by atoms with Gasteiger partial charge in [0.15, 0.2) is 5.17 Å². The van der Waals surface area contributed by atoms with Gasteiger partial charge in [0.25, 0.3) is 0 Å². The van der Waals surface area contributed by atoms with E-state index in [1.54, 1.807) is 36.4 Å². The van der Waals surface area contributed by atoms with E-state index in [4.69, 9.17) is 11.6 Å². The Morgan fingerprint density at radius 2 is 2.04 bits per heavy atom. The zero-order chi connectivity index (χ0) is 17.8. The van der Waals surface area contributed by atoms with Crippen LogP contribution in [0.15, 0.2) is 53.5 Å². The molecule has 0 radical (unpaired) electrons. The second-order valence-electron chi connectivity index (χ2n) is 5.29. The van der Waals surface area contributed by atoms with Crippen molar-refractivity contribution in [2.75, 3.05) is 5.32 Å². The second-order valence-corrected chi connectivity index (χ2v) is 6.92. The lowest BCUT2D eigenvalue weighted by Gasteiger charge is -2.07. The maximum Gasteiger partial charge on any atom is 0.240 e. The van der Waals surface area contributed by atoms with Crippen LogP contribution in [0.25, 0.3) is 0 Å². The standard InChI is InChI=1S/C17H14ClN3O3S/c18-10-4-6-11(7-5-10)19-15(23)9-14-16(24)21-17(25-14)20-12-2-1-3-13(22)8-12/h1-8,14,22H,9H2,(H,19,23)(H,20,21,24). The lowest BCUT2D eigenvalue weighted by atomic mass is 10.2. The third-order valence-corrected chi connectivity index (χ3v) is 4.67. The van der Waals surface area contributed by atoms with Crippen molar-refractivity contribution < 1.29 is 14.7 Å². The lowest BCUT2D eigenvalue weighted by molar-refractivity contribution is -0.122. The van der Waals surface area contributed by atoms with Crippen LogP contribution in [0.4, 0.5) is 11.4 Å². The molecule has 128 valence electrons. The summed E-state index contributed by atoms with van der Waals surface area (Å²) in [5, 5.41) is 15.2. The highest BCUT2D eigenvalue weighted by Crippen LogP contribution is 2.27. The summed E-state index contributed by atoms with van der Waals surface area (Å²) < 4.78 is 0. The number of rotatable bonds is 4. The summed E-state index contributed by atoms with van der Waals surface area (Å²) in [6.45, 7) is 0. The van der Waals surface area contributed by atoms with E-state index in [1.807, 2.05) is 0 Å². The lowest BCUT2D eigenvalue weighted by Crippen LogP contribution is -2.28. The predicted molar refractivity (Wildman–Crippen MR) is 99.4 cm³/mol. The molecule has 6 nitrogen and oxygen atoms in total. The van der Waals surface area contributed by atoms with Gasteiger partial charge in [-0.2, -0.15) is 0 Å². The normalized spacial score (nSPS) is 18.2. The van der Waals surface area contributed by atoms with E-state index >= 15 is 0 Å². The molecule has 1 atom stereocenters. The molecule has 0 aliphatic carbocycles. The Hall–Kier alpha value is -2.51. The van der Waals surface area contributed by atoms with Gasteiger partial charge in [0.1, 0.15) is 11.0 Å². The molecule has 2 amide bonds. The minimum Gasteiger partial charge on any atom is -0.508 e. The quantitative estimate of drug-likeness (QED) is 0.764. The third-order valence-electron chi connectivity index (χ3n) is 3.34.